The third-order valence-electron chi connectivity index (χ3n) is 4.80. The molecule has 7 nitrogen and oxygen atoms in total. The summed E-state index contributed by atoms with van der Waals surface area (Å²) in [5.74, 6) is 1.36. The number of nitrogens with one attached hydrogen (secondary N) is 1. The number of hydrogen-bond donors (Lipinski definition) is 2. The van der Waals surface area contributed by atoms with Crippen LogP contribution in [0.4, 0.5) is 5.82 Å². The summed E-state index contributed by atoms with van der Waals surface area (Å²) in [7, 11) is 1.73. The van der Waals surface area contributed by atoms with Gasteiger partial charge in [-0.2, -0.15) is 0 Å². The molecular formula is C20H27N5O2. The molecule has 3 rings (SSSR count). The van der Waals surface area contributed by atoms with Crippen molar-refractivity contribution in [2.45, 2.75) is 12.8 Å². The number of nitrogens with zero attached hydrogens (tertiary/aromatic N) is 3. The molecule has 1 aliphatic rings. The van der Waals surface area contributed by atoms with Crippen LogP contribution in [0.3, 0.4) is 0 Å². The van der Waals surface area contributed by atoms with E-state index < -0.39 is 0 Å². The maximum atomic E-state index is 12.5. The van der Waals surface area contributed by atoms with Gasteiger partial charge < -0.3 is 20.7 Å². The Morgan fingerprint density at radius 3 is 3.11 bits per heavy atom. The molecule has 2 aromatic rings. The summed E-state index contributed by atoms with van der Waals surface area (Å²) in [4.78, 5) is 23.4. The van der Waals surface area contributed by atoms with Crippen LogP contribution < -0.4 is 11.1 Å². The fourth-order valence-electron chi connectivity index (χ4n) is 3.37. The molecule has 0 spiro atoms. The van der Waals surface area contributed by atoms with Crippen LogP contribution in [0.25, 0.3) is 11.4 Å². The molecule has 1 atom stereocenters. The van der Waals surface area contributed by atoms with Crippen LogP contribution in [0.5, 0.6) is 0 Å². The Morgan fingerprint density at radius 1 is 1.41 bits per heavy atom. The van der Waals surface area contributed by atoms with Crippen molar-refractivity contribution in [1.82, 2.24) is 20.2 Å². The largest absolute Gasteiger partial charge is 0.385 e. The average Bonchev–Trinajstić information content (AvgIpc) is 3.14. The lowest BCUT2D eigenvalue weighted by Gasteiger charge is -2.16. The summed E-state index contributed by atoms with van der Waals surface area (Å²) in [6.45, 7) is 4.66. The van der Waals surface area contributed by atoms with Crippen molar-refractivity contribution in [3.8, 4) is 11.4 Å². The first-order valence-electron chi connectivity index (χ1n) is 9.34. The van der Waals surface area contributed by atoms with Crippen LogP contribution >= 0.6 is 0 Å². The van der Waals surface area contributed by atoms with Gasteiger partial charge >= 0.3 is 0 Å². The summed E-state index contributed by atoms with van der Waals surface area (Å²) >= 11 is 0. The first-order chi connectivity index (χ1) is 13.2. The topological polar surface area (TPSA) is 93.4 Å². The van der Waals surface area contributed by atoms with Crippen LogP contribution in [0.15, 0.2) is 36.5 Å². The van der Waals surface area contributed by atoms with Gasteiger partial charge in [0.15, 0.2) is 5.82 Å². The van der Waals surface area contributed by atoms with Gasteiger partial charge in [0.2, 0.25) is 0 Å². The van der Waals surface area contributed by atoms with E-state index in [4.69, 9.17) is 10.5 Å². The molecule has 1 aliphatic heterocycles. The highest BCUT2D eigenvalue weighted by Crippen LogP contribution is 2.18. The Labute approximate surface area is 159 Å². The Balaban J connectivity index is 1.52. The van der Waals surface area contributed by atoms with E-state index in [1.165, 1.54) is 0 Å². The predicted molar refractivity (Wildman–Crippen MR) is 105 cm³/mol. The maximum absolute atomic E-state index is 12.5. The minimum absolute atomic E-state index is 0.0708. The van der Waals surface area contributed by atoms with E-state index >= 15 is 0 Å². The SMILES string of the molecule is COCCCN1CC[C@H](CNC(=O)c2cccc(-c3nccc(N)n3)c2)C1. The normalized spacial score (nSPS) is 17.1. The number of likely N-dealkylation sites (tertiary alicyclic amines) is 1. The summed E-state index contributed by atoms with van der Waals surface area (Å²) < 4.78 is 5.11. The smallest absolute Gasteiger partial charge is 0.251 e. The third kappa shape index (κ3) is 5.48. The number of carbonyl (C=O) groups excluding carboxylic acids is 1. The number of benzene rings is 1. The van der Waals surface area contributed by atoms with Gasteiger partial charge in [-0.25, -0.2) is 9.97 Å². The number of rotatable bonds is 8. The van der Waals surface area contributed by atoms with Gasteiger partial charge in [-0.15, -0.1) is 0 Å². The molecule has 0 radical (unpaired) electrons. The first kappa shape index (κ1) is 19.3. The van der Waals surface area contributed by atoms with Gasteiger partial charge in [-0.1, -0.05) is 12.1 Å². The molecule has 7 heteroatoms. The zero-order valence-corrected chi connectivity index (χ0v) is 15.7. The van der Waals surface area contributed by atoms with Crippen molar-refractivity contribution >= 4 is 11.7 Å². The van der Waals surface area contributed by atoms with E-state index in [0.717, 1.165) is 44.6 Å². The highest BCUT2D eigenvalue weighted by molar-refractivity contribution is 5.95. The van der Waals surface area contributed by atoms with Gasteiger partial charge in [-0.3, -0.25) is 4.79 Å². The zero-order chi connectivity index (χ0) is 19.1. The number of anilines is 1. The van der Waals surface area contributed by atoms with E-state index in [2.05, 4.69) is 20.2 Å². The second kappa shape index (κ2) is 9.43. The second-order valence-electron chi connectivity index (χ2n) is 6.90. The Bertz CT molecular complexity index is 768. The molecular weight excluding hydrogens is 342 g/mol. The minimum Gasteiger partial charge on any atom is -0.385 e. The van der Waals surface area contributed by atoms with Crippen LogP contribution in [-0.2, 0) is 4.74 Å². The van der Waals surface area contributed by atoms with E-state index in [9.17, 15) is 4.79 Å². The van der Waals surface area contributed by atoms with Gasteiger partial charge in [-0.05, 0) is 43.5 Å². The standard InChI is InChI=1S/C20H27N5O2/c1-27-11-3-9-25-10-7-15(14-25)13-23-20(26)17-5-2-4-16(12-17)19-22-8-6-18(21)24-19/h2,4-6,8,12,15H,3,7,9-11,13-14H2,1H3,(H,23,26)(H2,21,22,24)/t15-/m1/s1. The quantitative estimate of drug-likeness (QED) is 0.690. The van der Waals surface area contributed by atoms with E-state index in [1.807, 2.05) is 12.1 Å². The van der Waals surface area contributed by atoms with Gasteiger partial charge in [0.05, 0.1) is 0 Å². The second-order valence-corrected chi connectivity index (χ2v) is 6.90. The summed E-state index contributed by atoms with van der Waals surface area (Å²) in [6, 6.07) is 8.96. The van der Waals surface area contributed by atoms with Gasteiger partial charge in [0, 0.05) is 50.7 Å². The van der Waals surface area contributed by atoms with E-state index in [-0.39, 0.29) is 5.91 Å². The highest BCUT2D eigenvalue weighted by atomic mass is 16.5. The number of aromatic nitrogens is 2. The summed E-state index contributed by atoms with van der Waals surface area (Å²) in [6.07, 6.45) is 3.78. The van der Waals surface area contributed by atoms with E-state index in [1.54, 1.807) is 31.5 Å². The lowest BCUT2D eigenvalue weighted by molar-refractivity contribution is 0.0947. The van der Waals surface area contributed by atoms with Crippen molar-refractivity contribution in [1.29, 1.82) is 0 Å². The minimum atomic E-state index is -0.0708. The molecule has 144 valence electrons. The van der Waals surface area contributed by atoms with Crippen LogP contribution in [0.2, 0.25) is 0 Å². The molecule has 0 aliphatic carbocycles. The van der Waals surface area contributed by atoms with Crippen molar-refractivity contribution in [3.05, 3.63) is 42.1 Å². The number of hydrogen-bond acceptors (Lipinski definition) is 6. The molecule has 2 heterocycles. The van der Waals surface area contributed by atoms with Crippen LogP contribution in [0, 0.1) is 5.92 Å². The monoisotopic (exact) mass is 369 g/mol. The lowest BCUT2D eigenvalue weighted by Crippen LogP contribution is -2.31. The molecule has 1 amide bonds. The molecule has 27 heavy (non-hydrogen) atoms. The summed E-state index contributed by atoms with van der Waals surface area (Å²) in [5, 5.41) is 3.06. The number of nitrogens with two attached hydrogens (primary N) is 1. The summed E-state index contributed by atoms with van der Waals surface area (Å²) in [5.41, 5.74) is 7.10. The maximum Gasteiger partial charge on any atom is 0.251 e. The van der Waals surface area contributed by atoms with Crippen molar-refractivity contribution in [2.24, 2.45) is 5.92 Å². The number of methoxy groups -OCH3 is 1. The molecule has 1 aromatic heterocycles. The van der Waals surface area contributed by atoms with Crippen molar-refractivity contribution in [3.63, 3.8) is 0 Å². The molecule has 1 fully saturated rings. The predicted octanol–water partition coefficient (Wildman–Crippen LogP) is 1.81. The Kier molecular flexibility index (Phi) is 6.73. The van der Waals surface area contributed by atoms with Crippen LogP contribution in [0.1, 0.15) is 23.2 Å². The first-order valence-corrected chi connectivity index (χ1v) is 9.34. The fraction of sp³-hybridized carbons (Fsp3) is 0.450. The Morgan fingerprint density at radius 2 is 2.30 bits per heavy atom. The van der Waals surface area contributed by atoms with Gasteiger partial charge in [0.1, 0.15) is 5.82 Å². The lowest BCUT2D eigenvalue weighted by atomic mass is 10.1. The van der Waals surface area contributed by atoms with E-state index in [0.29, 0.717) is 29.7 Å². The molecule has 0 bridgehead atoms. The molecule has 1 aromatic carbocycles. The molecule has 0 unspecified atom stereocenters. The number of amides is 1. The molecule has 0 saturated carbocycles. The Hall–Kier alpha value is -2.51. The fourth-order valence-corrected chi connectivity index (χ4v) is 3.37. The number of carbonyl (C=O) groups is 1. The zero-order valence-electron chi connectivity index (χ0n) is 15.7. The molecule has 3 N–H and O–H groups in total. The van der Waals surface area contributed by atoms with Crippen molar-refractivity contribution in [2.75, 3.05) is 45.6 Å². The van der Waals surface area contributed by atoms with Gasteiger partial charge in [0.25, 0.3) is 5.91 Å². The highest BCUT2D eigenvalue weighted by Gasteiger charge is 2.22. The third-order valence-corrected chi connectivity index (χ3v) is 4.80. The number of nitrogen functional groups attached to an aromatic ring is 1. The average molecular weight is 369 g/mol. The number of ether oxygens (including phenoxy) is 1. The van der Waals surface area contributed by atoms with Crippen molar-refractivity contribution < 1.29 is 9.53 Å². The van der Waals surface area contributed by atoms with Crippen LogP contribution in [-0.4, -0.2) is 60.7 Å². The molecule has 1 saturated heterocycles.